The molecule has 1 aliphatic rings. The molecule has 4 heteroatoms. The minimum Gasteiger partial charge on any atom is -0.494 e. The van der Waals surface area contributed by atoms with Crippen molar-refractivity contribution in [3.8, 4) is 5.75 Å². The maximum absolute atomic E-state index is 10.8. The zero-order valence-corrected chi connectivity index (χ0v) is 13.7. The Kier molecular flexibility index (Phi) is 5.57. The third-order valence-electron chi connectivity index (χ3n) is 4.07. The summed E-state index contributed by atoms with van der Waals surface area (Å²) in [6, 6.07) is 6.18. The number of ether oxygens (including phenoxy) is 1. The van der Waals surface area contributed by atoms with Crippen molar-refractivity contribution in [2.45, 2.75) is 39.5 Å². The van der Waals surface area contributed by atoms with Crippen molar-refractivity contribution >= 4 is 17.7 Å². The lowest BCUT2D eigenvalue weighted by Gasteiger charge is -2.12. The molecule has 0 aliphatic heterocycles. The first kappa shape index (κ1) is 16.2. The number of thioether (sulfide) groups is 1. The molecular weight excluding hydrogens is 284 g/mol. The molecule has 0 spiro atoms. The molecule has 0 aromatic heterocycles. The van der Waals surface area contributed by atoms with Crippen LogP contribution in [0.2, 0.25) is 0 Å². The third kappa shape index (κ3) is 5.27. The SMILES string of the molecule is Cc1ccc(OCCCSCC2(CC(=O)O)CC2)cc1C. The molecule has 0 heterocycles. The highest BCUT2D eigenvalue weighted by molar-refractivity contribution is 7.99. The number of aliphatic carboxylic acids is 1. The maximum atomic E-state index is 10.8. The first-order chi connectivity index (χ1) is 10.0. The van der Waals surface area contributed by atoms with Gasteiger partial charge in [0.05, 0.1) is 13.0 Å². The van der Waals surface area contributed by atoms with Gasteiger partial charge in [-0.1, -0.05) is 6.07 Å². The largest absolute Gasteiger partial charge is 0.494 e. The van der Waals surface area contributed by atoms with E-state index in [2.05, 4.69) is 26.0 Å². The van der Waals surface area contributed by atoms with Crippen LogP contribution in [0.5, 0.6) is 5.75 Å². The Labute approximate surface area is 131 Å². The molecule has 0 unspecified atom stereocenters. The van der Waals surface area contributed by atoms with E-state index < -0.39 is 5.97 Å². The van der Waals surface area contributed by atoms with Crippen molar-refractivity contribution in [3.63, 3.8) is 0 Å². The van der Waals surface area contributed by atoms with E-state index in [1.54, 1.807) is 0 Å². The predicted molar refractivity (Wildman–Crippen MR) is 87.3 cm³/mol. The van der Waals surface area contributed by atoms with Crippen molar-refractivity contribution in [2.24, 2.45) is 5.41 Å². The molecule has 1 fully saturated rings. The fourth-order valence-electron chi connectivity index (χ4n) is 2.31. The van der Waals surface area contributed by atoms with Crippen LogP contribution >= 0.6 is 11.8 Å². The van der Waals surface area contributed by atoms with E-state index in [0.717, 1.165) is 43.1 Å². The molecule has 1 aromatic carbocycles. The third-order valence-corrected chi connectivity index (χ3v) is 5.47. The lowest BCUT2D eigenvalue weighted by molar-refractivity contribution is -0.138. The zero-order valence-electron chi connectivity index (χ0n) is 12.9. The Morgan fingerprint density at radius 2 is 2.10 bits per heavy atom. The zero-order chi connectivity index (χ0) is 15.3. The lowest BCUT2D eigenvalue weighted by Crippen LogP contribution is -2.11. The van der Waals surface area contributed by atoms with E-state index in [-0.39, 0.29) is 5.41 Å². The van der Waals surface area contributed by atoms with E-state index in [0.29, 0.717) is 6.42 Å². The van der Waals surface area contributed by atoms with E-state index in [1.165, 1.54) is 11.1 Å². The molecule has 2 rings (SSSR count). The molecule has 21 heavy (non-hydrogen) atoms. The van der Waals surface area contributed by atoms with Gasteiger partial charge in [0.1, 0.15) is 5.75 Å². The van der Waals surface area contributed by atoms with Crippen LogP contribution in [0.4, 0.5) is 0 Å². The Balaban J connectivity index is 1.58. The summed E-state index contributed by atoms with van der Waals surface area (Å²) in [6.45, 7) is 4.91. The first-order valence-corrected chi connectivity index (χ1v) is 8.66. The molecule has 0 radical (unpaired) electrons. The molecule has 0 saturated heterocycles. The Bertz CT molecular complexity index is 495. The van der Waals surface area contributed by atoms with Crippen molar-refractivity contribution in [1.82, 2.24) is 0 Å². The van der Waals surface area contributed by atoms with Crippen LogP contribution < -0.4 is 4.74 Å². The van der Waals surface area contributed by atoms with Crippen LogP contribution in [0, 0.1) is 19.3 Å². The van der Waals surface area contributed by atoms with Gasteiger partial charge in [-0.3, -0.25) is 4.79 Å². The minimum atomic E-state index is -0.661. The number of carbonyl (C=O) groups is 1. The van der Waals surface area contributed by atoms with Crippen molar-refractivity contribution in [1.29, 1.82) is 0 Å². The molecular formula is C17H24O3S. The number of carboxylic acids is 1. The molecule has 1 aliphatic carbocycles. The van der Waals surface area contributed by atoms with Gasteiger partial charge in [-0.25, -0.2) is 0 Å². The fraction of sp³-hybridized carbons (Fsp3) is 0.588. The fourth-order valence-corrected chi connectivity index (χ4v) is 3.60. The second-order valence-electron chi connectivity index (χ2n) is 6.07. The van der Waals surface area contributed by atoms with Gasteiger partial charge in [-0.2, -0.15) is 11.8 Å². The van der Waals surface area contributed by atoms with Gasteiger partial charge in [0, 0.05) is 0 Å². The Morgan fingerprint density at radius 1 is 1.33 bits per heavy atom. The van der Waals surface area contributed by atoms with Crippen LogP contribution in [0.15, 0.2) is 18.2 Å². The summed E-state index contributed by atoms with van der Waals surface area (Å²) in [5, 5.41) is 8.87. The van der Waals surface area contributed by atoms with Gasteiger partial charge in [0.25, 0.3) is 0 Å². The summed E-state index contributed by atoms with van der Waals surface area (Å²) in [6.07, 6.45) is 3.48. The smallest absolute Gasteiger partial charge is 0.303 e. The van der Waals surface area contributed by atoms with Gasteiger partial charge in [0.2, 0.25) is 0 Å². The average molecular weight is 308 g/mol. The molecule has 3 nitrogen and oxygen atoms in total. The van der Waals surface area contributed by atoms with Crippen molar-refractivity contribution in [2.75, 3.05) is 18.1 Å². The monoisotopic (exact) mass is 308 g/mol. The molecule has 0 atom stereocenters. The average Bonchev–Trinajstić information content (AvgIpc) is 3.17. The van der Waals surface area contributed by atoms with Gasteiger partial charge in [0.15, 0.2) is 0 Å². The predicted octanol–water partition coefficient (Wildman–Crippen LogP) is 4.06. The number of aryl methyl sites for hydroxylation is 2. The standard InChI is InChI=1S/C17H24O3S/c1-13-4-5-15(10-14(13)2)20-8-3-9-21-12-17(6-7-17)11-16(18)19/h4-5,10H,3,6-9,11-12H2,1-2H3,(H,18,19). The highest BCUT2D eigenvalue weighted by Gasteiger charge is 2.43. The van der Waals surface area contributed by atoms with E-state index in [4.69, 9.17) is 9.84 Å². The summed E-state index contributed by atoms with van der Waals surface area (Å²) >= 11 is 1.86. The Hall–Kier alpha value is -1.16. The summed E-state index contributed by atoms with van der Waals surface area (Å²) < 4.78 is 5.75. The molecule has 116 valence electrons. The quantitative estimate of drug-likeness (QED) is 0.699. The number of hydrogen-bond donors (Lipinski definition) is 1. The summed E-state index contributed by atoms with van der Waals surface area (Å²) in [4.78, 5) is 10.8. The number of carboxylic acid groups (broad SMARTS) is 1. The second kappa shape index (κ2) is 7.21. The normalized spacial score (nSPS) is 15.7. The maximum Gasteiger partial charge on any atom is 0.303 e. The molecule has 1 saturated carbocycles. The van der Waals surface area contributed by atoms with Gasteiger partial charge in [-0.05, 0) is 73.3 Å². The van der Waals surface area contributed by atoms with E-state index >= 15 is 0 Å². The van der Waals surface area contributed by atoms with Crippen LogP contribution in [-0.4, -0.2) is 29.2 Å². The van der Waals surface area contributed by atoms with Crippen molar-refractivity contribution < 1.29 is 14.6 Å². The van der Waals surface area contributed by atoms with Crippen LogP contribution in [0.1, 0.15) is 36.8 Å². The molecule has 1 aromatic rings. The Morgan fingerprint density at radius 3 is 2.71 bits per heavy atom. The van der Waals surface area contributed by atoms with Crippen LogP contribution in [-0.2, 0) is 4.79 Å². The summed E-state index contributed by atoms with van der Waals surface area (Å²) in [7, 11) is 0. The molecule has 1 N–H and O–H groups in total. The topological polar surface area (TPSA) is 46.5 Å². The number of benzene rings is 1. The van der Waals surface area contributed by atoms with Gasteiger partial charge < -0.3 is 9.84 Å². The second-order valence-corrected chi connectivity index (χ2v) is 7.18. The van der Waals surface area contributed by atoms with Gasteiger partial charge in [-0.15, -0.1) is 0 Å². The highest BCUT2D eigenvalue weighted by Crippen LogP contribution is 2.51. The summed E-state index contributed by atoms with van der Waals surface area (Å²) in [5.41, 5.74) is 2.64. The lowest BCUT2D eigenvalue weighted by atomic mass is 10.1. The first-order valence-electron chi connectivity index (χ1n) is 7.50. The van der Waals surface area contributed by atoms with E-state index in [9.17, 15) is 4.79 Å². The van der Waals surface area contributed by atoms with Crippen molar-refractivity contribution in [3.05, 3.63) is 29.3 Å². The van der Waals surface area contributed by atoms with Gasteiger partial charge >= 0.3 is 5.97 Å². The number of hydrogen-bond acceptors (Lipinski definition) is 3. The van der Waals surface area contributed by atoms with Crippen LogP contribution in [0.3, 0.4) is 0 Å². The molecule has 0 amide bonds. The van der Waals surface area contributed by atoms with Crippen LogP contribution in [0.25, 0.3) is 0 Å². The number of rotatable bonds is 9. The highest BCUT2D eigenvalue weighted by atomic mass is 32.2. The minimum absolute atomic E-state index is 0.103. The summed E-state index contributed by atoms with van der Waals surface area (Å²) in [5.74, 6) is 2.29. The van der Waals surface area contributed by atoms with E-state index in [1.807, 2.05) is 17.8 Å². The molecule has 0 bridgehead atoms.